The highest BCUT2D eigenvalue weighted by Crippen LogP contribution is 2.43. The number of carbonyl (C=O) groups is 2. The van der Waals surface area contributed by atoms with Crippen molar-refractivity contribution in [2.75, 3.05) is 12.0 Å². The molecule has 2 aromatic carbocycles. The van der Waals surface area contributed by atoms with Crippen LogP contribution < -0.4 is 9.64 Å². The molecule has 164 valence electrons. The summed E-state index contributed by atoms with van der Waals surface area (Å²) in [6.07, 6.45) is 0. The fraction of sp³-hybridized carbons (Fsp3) is 0.200. The SMILES string of the molecule is COc1cc(C)c(/C(O)=C2\C(=O)C(=O)N(c3ccc(Br)cc3)C2c2ccc(C)o2)cc1C. The molecule has 0 radical (unpaired) electrons. The van der Waals surface area contributed by atoms with Crippen molar-refractivity contribution in [3.8, 4) is 5.75 Å². The minimum Gasteiger partial charge on any atom is -0.507 e. The maximum Gasteiger partial charge on any atom is 0.300 e. The highest BCUT2D eigenvalue weighted by Gasteiger charge is 2.48. The summed E-state index contributed by atoms with van der Waals surface area (Å²) in [5, 5.41) is 11.3. The molecule has 1 saturated heterocycles. The first-order valence-corrected chi connectivity index (χ1v) is 10.8. The largest absolute Gasteiger partial charge is 0.507 e. The summed E-state index contributed by atoms with van der Waals surface area (Å²) in [7, 11) is 1.57. The van der Waals surface area contributed by atoms with Gasteiger partial charge in [0.25, 0.3) is 11.7 Å². The number of methoxy groups -OCH3 is 1. The summed E-state index contributed by atoms with van der Waals surface area (Å²) in [5.74, 6) is -0.0297. The third-order valence-corrected chi connectivity index (χ3v) is 6.11. The Balaban J connectivity index is 1.95. The summed E-state index contributed by atoms with van der Waals surface area (Å²) in [5.41, 5.74) is 2.49. The van der Waals surface area contributed by atoms with Crippen molar-refractivity contribution < 1.29 is 23.8 Å². The average Bonchev–Trinajstić information content (AvgIpc) is 3.30. The molecule has 4 rings (SSSR count). The van der Waals surface area contributed by atoms with Crippen LogP contribution in [0.5, 0.6) is 5.75 Å². The third kappa shape index (κ3) is 3.62. The average molecular weight is 496 g/mol. The second-order valence-electron chi connectivity index (χ2n) is 7.73. The highest BCUT2D eigenvalue weighted by molar-refractivity contribution is 9.10. The van der Waals surface area contributed by atoms with E-state index in [0.29, 0.717) is 34.1 Å². The van der Waals surface area contributed by atoms with E-state index in [1.165, 1.54) is 4.90 Å². The van der Waals surface area contributed by atoms with Crippen LogP contribution in [0, 0.1) is 20.8 Å². The molecule has 1 aliphatic rings. The standard InChI is InChI=1S/C25H22BrNO5/c1-13-12-20(31-4)14(2)11-18(13)23(28)21-22(19-10-5-15(3)32-19)27(25(30)24(21)29)17-8-6-16(26)7-9-17/h5-12,22,28H,1-4H3/b23-21+. The first-order chi connectivity index (χ1) is 15.2. The van der Waals surface area contributed by atoms with Crippen LogP contribution in [0.25, 0.3) is 5.76 Å². The van der Waals surface area contributed by atoms with Gasteiger partial charge in [-0.3, -0.25) is 14.5 Å². The van der Waals surface area contributed by atoms with Gasteiger partial charge in [-0.05, 0) is 80.4 Å². The van der Waals surface area contributed by atoms with Crippen LogP contribution in [0.1, 0.15) is 34.3 Å². The van der Waals surface area contributed by atoms with Gasteiger partial charge in [0.15, 0.2) is 0 Å². The number of aliphatic hydroxyl groups excluding tert-OH is 1. The van der Waals surface area contributed by atoms with Crippen molar-refractivity contribution in [2.24, 2.45) is 0 Å². The lowest BCUT2D eigenvalue weighted by molar-refractivity contribution is -0.132. The van der Waals surface area contributed by atoms with Crippen molar-refractivity contribution in [1.29, 1.82) is 0 Å². The number of Topliss-reactive ketones (excluding diaryl/α,β-unsaturated/α-hetero) is 1. The van der Waals surface area contributed by atoms with Crippen molar-refractivity contribution >= 4 is 39.1 Å². The number of aryl methyl sites for hydroxylation is 3. The van der Waals surface area contributed by atoms with E-state index < -0.39 is 17.7 Å². The zero-order valence-corrected chi connectivity index (χ0v) is 19.7. The van der Waals surface area contributed by atoms with Gasteiger partial charge in [0, 0.05) is 15.7 Å². The molecule has 1 N–H and O–H groups in total. The van der Waals surface area contributed by atoms with Gasteiger partial charge in [-0.15, -0.1) is 0 Å². The Labute approximate surface area is 194 Å². The number of ether oxygens (including phenoxy) is 1. The molecule has 0 spiro atoms. The fourth-order valence-corrected chi connectivity index (χ4v) is 4.24. The molecule has 0 aliphatic carbocycles. The van der Waals surface area contributed by atoms with Gasteiger partial charge in [0.05, 0.1) is 12.7 Å². The molecule has 0 saturated carbocycles. The predicted molar refractivity (Wildman–Crippen MR) is 125 cm³/mol. The number of furan rings is 1. The number of hydrogen-bond acceptors (Lipinski definition) is 5. The number of halogens is 1. The van der Waals surface area contributed by atoms with Crippen LogP contribution in [0.3, 0.4) is 0 Å². The van der Waals surface area contributed by atoms with Gasteiger partial charge >= 0.3 is 0 Å². The highest BCUT2D eigenvalue weighted by atomic mass is 79.9. The zero-order valence-electron chi connectivity index (χ0n) is 18.1. The summed E-state index contributed by atoms with van der Waals surface area (Å²) < 4.78 is 12.0. The van der Waals surface area contributed by atoms with Crippen LogP contribution in [0.2, 0.25) is 0 Å². The number of rotatable bonds is 4. The smallest absolute Gasteiger partial charge is 0.300 e. The van der Waals surface area contributed by atoms with Gasteiger partial charge < -0.3 is 14.3 Å². The monoisotopic (exact) mass is 495 g/mol. The molecule has 3 aromatic rings. The van der Waals surface area contributed by atoms with E-state index in [1.54, 1.807) is 62.6 Å². The Morgan fingerprint density at radius 1 is 1.03 bits per heavy atom. The Bertz CT molecular complexity index is 1260. The molecule has 2 heterocycles. The summed E-state index contributed by atoms with van der Waals surface area (Å²) >= 11 is 3.39. The number of benzene rings is 2. The molecule has 7 heteroatoms. The number of nitrogens with zero attached hydrogens (tertiary/aromatic N) is 1. The minimum absolute atomic E-state index is 0.0139. The second-order valence-corrected chi connectivity index (χ2v) is 8.65. The van der Waals surface area contributed by atoms with Crippen molar-refractivity contribution in [3.05, 3.63) is 86.8 Å². The van der Waals surface area contributed by atoms with E-state index in [4.69, 9.17) is 9.15 Å². The van der Waals surface area contributed by atoms with Crippen molar-refractivity contribution in [1.82, 2.24) is 0 Å². The summed E-state index contributed by atoms with van der Waals surface area (Å²) in [6.45, 7) is 5.45. The summed E-state index contributed by atoms with van der Waals surface area (Å²) in [6, 6.07) is 13.2. The maximum absolute atomic E-state index is 13.2. The van der Waals surface area contributed by atoms with E-state index in [-0.39, 0.29) is 11.3 Å². The molecule has 1 unspecified atom stereocenters. The Morgan fingerprint density at radius 3 is 2.31 bits per heavy atom. The Kier molecular flexibility index (Phi) is 5.69. The molecule has 1 aliphatic heterocycles. The normalized spacial score (nSPS) is 17.8. The number of anilines is 1. The predicted octanol–water partition coefficient (Wildman–Crippen LogP) is 5.60. The Hall–Kier alpha value is -3.32. The fourth-order valence-electron chi connectivity index (χ4n) is 3.98. The van der Waals surface area contributed by atoms with E-state index in [0.717, 1.165) is 10.0 Å². The molecule has 1 aromatic heterocycles. The van der Waals surface area contributed by atoms with Crippen molar-refractivity contribution in [2.45, 2.75) is 26.8 Å². The Morgan fingerprint density at radius 2 is 1.72 bits per heavy atom. The van der Waals surface area contributed by atoms with Crippen LogP contribution in [-0.4, -0.2) is 23.9 Å². The van der Waals surface area contributed by atoms with E-state index in [1.807, 2.05) is 13.8 Å². The number of aliphatic hydroxyl groups is 1. The van der Waals surface area contributed by atoms with Gasteiger partial charge in [0.1, 0.15) is 29.1 Å². The van der Waals surface area contributed by atoms with E-state index in [2.05, 4.69) is 15.9 Å². The van der Waals surface area contributed by atoms with Gasteiger partial charge in [0.2, 0.25) is 0 Å². The van der Waals surface area contributed by atoms with E-state index in [9.17, 15) is 14.7 Å². The summed E-state index contributed by atoms with van der Waals surface area (Å²) in [4.78, 5) is 27.7. The second kappa shape index (κ2) is 8.31. The number of amides is 1. The van der Waals surface area contributed by atoms with Crippen LogP contribution in [0.4, 0.5) is 5.69 Å². The molecular formula is C25H22BrNO5. The van der Waals surface area contributed by atoms with Gasteiger partial charge in [-0.1, -0.05) is 15.9 Å². The third-order valence-electron chi connectivity index (χ3n) is 5.58. The van der Waals surface area contributed by atoms with Gasteiger partial charge in [-0.2, -0.15) is 0 Å². The first kappa shape index (κ1) is 21.9. The minimum atomic E-state index is -0.897. The molecule has 0 bridgehead atoms. The van der Waals surface area contributed by atoms with Crippen LogP contribution >= 0.6 is 15.9 Å². The lowest BCUT2D eigenvalue weighted by Gasteiger charge is -2.23. The van der Waals surface area contributed by atoms with Crippen molar-refractivity contribution in [3.63, 3.8) is 0 Å². The lowest BCUT2D eigenvalue weighted by Crippen LogP contribution is -2.29. The zero-order chi connectivity index (χ0) is 23.2. The molecule has 32 heavy (non-hydrogen) atoms. The molecule has 6 nitrogen and oxygen atoms in total. The van der Waals surface area contributed by atoms with Gasteiger partial charge in [-0.25, -0.2) is 0 Å². The molecular weight excluding hydrogens is 474 g/mol. The first-order valence-electron chi connectivity index (χ1n) is 10.0. The number of hydrogen-bond donors (Lipinski definition) is 1. The topological polar surface area (TPSA) is 80.0 Å². The molecule has 1 fully saturated rings. The molecule has 1 amide bonds. The lowest BCUT2D eigenvalue weighted by atomic mass is 9.95. The molecule has 1 atom stereocenters. The maximum atomic E-state index is 13.2. The quantitative estimate of drug-likeness (QED) is 0.289. The van der Waals surface area contributed by atoms with Crippen LogP contribution in [-0.2, 0) is 9.59 Å². The number of carbonyl (C=O) groups excluding carboxylic acids is 2. The van der Waals surface area contributed by atoms with E-state index >= 15 is 0 Å². The van der Waals surface area contributed by atoms with Crippen LogP contribution in [0.15, 0.2) is 63.0 Å². The number of ketones is 1.